The van der Waals surface area contributed by atoms with Crippen LogP contribution in [-0.4, -0.2) is 21.4 Å². The summed E-state index contributed by atoms with van der Waals surface area (Å²) in [4.78, 5) is 24.3. The molecule has 3 aromatic carbocycles. The summed E-state index contributed by atoms with van der Waals surface area (Å²) in [6, 6.07) is 12.6. The number of halogens is 5. The molecule has 0 bridgehead atoms. The summed E-state index contributed by atoms with van der Waals surface area (Å²) in [5.41, 5.74) is -1.99. The molecule has 0 aliphatic carbocycles. The molecule has 0 aliphatic heterocycles. The largest absolute Gasteiger partial charge is 0.478 e. The maximum atomic E-state index is 14.7. The van der Waals surface area contributed by atoms with Gasteiger partial charge in [-0.25, -0.2) is 9.18 Å². The van der Waals surface area contributed by atoms with E-state index in [1.807, 2.05) is 0 Å². The van der Waals surface area contributed by atoms with Crippen LogP contribution < -0.4 is 0 Å². The van der Waals surface area contributed by atoms with Gasteiger partial charge in [0.15, 0.2) is 5.78 Å². The number of carbonyl (C=O) groups is 2. The number of ketones is 1. The van der Waals surface area contributed by atoms with E-state index in [9.17, 15) is 27.2 Å². The Bertz CT molecular complexity index is 1390. The highest BCUT2D eigenvalue weighted by molar-refractivity contribution is 6.36. The van der Waals surface area contributed by atoms with Crippen LogP contribution in [0.1, 0.15) is 31.8 Å². The molecule has 0 amide bonds. The molecule has 32 heavy (non-hydrogen) atoms. The van der Waals surface area contributed by atoms with Crippen LogP contribution in [0.5, 0.6) is 0 Å². The lowest BCUT2D eigenvalue weighted by Gasteiger charge is -2.13. The summed E-state index contributed by atoms with van der Waals surface area (Å²) in [6.07, 6.45) is -3.59. The zero-order valence-electron chi connectivity index (χ0n) is 16.0. The van der Waals surface area contributed by atoms with Crippen molar-refractivity contribution in [1.82, 2.24) is 4.57 Å². The predicted molar refractivity (Wildman–Crippen MR) is 110 cm³/mol. The van der Waals surface area contributed by atoms with E-state index >= 15 is 0 Å². The average molecular weight is 462 g/mol. The molecule has 4 nitrogen and oxygen atoms in total. The SMILES string of the molecule is O=C(O)c1ccc(-n2cc(C(=O)c3c(Cl)cccc3C(F)(F)F)c3ccccc32)c(F)c1. The van der Waals surface area contributed by atoms with E-state index < -0.39 is 34.9 Å². The molecule has 4 rings (SSSR count). The molecule has 0 saturated heterocycles. The fraction of sp³-hybridized carbons (Fsp3) is 0.0435. The number of aromatic carboxylic acids is 1. The fourth-order valence-corrected chi connectivity index (χ4v) is 3.78. The zero-order valence-corrected chi connectivity index (χ0v) is 16.7. The third-order valence-electron chi connectivity index (χ3n) is 4.96. The van der Waals surface area contributed by atoms with Gasteiger partial charge in [0.25, 0.3) is 0 Å². The van der Waals surface area contributed by atoms with Crippen molar-refractivity contribution in [2.45, 2.75) is 6.18 Å². The Balaban J connectivity index is 1.95. The van der Waals surface area contributed by atoms with E-state index in [0.717, 1.165) is 18.2 Å². The number of carboxylic acid groups (broad SMARTS) is 1. The topological polar surface area (TPSA) is 59.3 Å². The molecule has 4 aromatic rings. The van der Waals surface area contributed by atoms with Crippen molar-refractivity contribution >= 4 is 34.3 Å². The molecule has 1 N–H and O–H groups in total. The number of alkyl halides is 3. The first-order chi connectivity index (χ1) is 15.1. The van der Waals surface area contributed by atoms with E-state index in [0.29, 0.717) is 5.52 Å². The minimum atomic E-state index is -4.81. The number of carbonyl (C=O) groups excluding carboxylic acids is 1. The summed E-state index contributed by atoms with van der Waals surface area (Å²) in [7, 11) is 0. The Morgan fingerprint density at radius 1 is 0.969 bits per heavy atom. The number of carboxylic acids is 1. The first-order valence-electron chi connectivity index (χ1n) is 9.13. The lowest BCUT2D eigenvalue weighted by atomic mass is 9.97. The highest BCUT2D eigenvalue weighted by Gasteiger charge is 2.37. The van der Waals surface area contributed by atoms with Gasteiger partial charge in [-0.05, 0) is 36.4 Å². The van der Waals surface area contributed by atoms with Crippen molar-refractivity contribution < 1.29 is 32.3 Å². The van der Waals surface area contributed by atoms with Crippen LogP contribution in [0, 0.1) is 5.82 Å². The number of para-hydroxylation sites is 1. The quantitative estimate of drug-likeness (QED) is 0.284. The van der Waals surface area contributed by atoms with Gasteiger partial charge in [0.2, 0.25) is 0 Å². The van der Waals surface area contributed by atoms with Crippen LogP contribution in [0.3, 0.4) is 0 Å². The van der Waals surface area contributed by atoms with Crippen molar-refractivity contribution in [3.63, 3.8) is 0 Å². The molecule has 0 spiro atoms. The van der Waals surface area contributed by atoms with Gasteiger partial charge in [0.05, 0.1) is 32.9 Å². The Kier molecular flexibility index (Phi) is 5.26. The molecule has 0 aliphatic rings. The molecule has 1 aromatic heterocycles. The van der Waals surface area contributed by atoms with Crippen molar-refractivity contribution in [2.24, 2.45) is 0 Å². The lowest BCUT2D eigenvalue weighted by Crippen LogP contribution is -2.14. The minimum absolute atomic E-state index is 0.0690. The third-order valence-corrected chi connectivity index (χ3v) is 5.27. The maximum absolute atomic E-state index is 14.7. The molecule has 0 fully saturated rings. The van der Waals surface area contributed by atoms with Gasteiger partial charge >= 0.3 is 12.1 Å². The van der Waals surface area contributed by atoms with E-state index in [-0.39, 0.29) is 27.2 Å². The fourth-order valence-electron chi connectivity index (χ4n) is 3.52. The van der Waals surface area contributed by atoms with Gasteiger partial charge in [0, 0.05) is 17.1 Å². The van der Waals surface area contributed by atoms with Gasteiger partial charge in [-0.15, -0.1) is 0 Å². The zero-order chi connectivity index (χ0) is 23.2. The Morgan fingerprint density at radius 2 is 1.69 bits per heavy atom. The summed E-state index contributed by atoms with van der Waals surface area (Å²) in [6.45, 7) is 0. The second-order valence-electron chi connectivity index (χ2n) is 6.89. The molecular weight excluding hydrogens is 450 g/mol. The molecule has 0 atom stereocenters. The van der Waals surface area contributed by atoms with E-state index in [4.69, 9.17) is 16.7 Å². The molecule has 9 heteroatoms. The van der Waals surface area contributed by atoms with Crippen LogP contribution >= 0.6 is 11.6 Å². The number of aromatic nitrogens is 1. The number of rotatable bonds is 4. The number of fused-ring (bicyclic) bond motifs is 1. The smallest absolute Gasteiger partial charge is 0.417 e. The monoisotopic (exact) mass is 461 g/mol. The highest BCUT2D eigenvalue weighted by Crippen LogP contribution is 2.37. The van der Waals surface area contributed by atoms with E-state index in [1.54, 1.807) is 18.2 Å². The number of nitrogens with zero attached hydrogens (tertiary/aromatic N) is 1. The van der Waals surface area contributed by atoms with Crippen molar-refractivity contribution in [2.75, 3.05) is 0 Å². The molecule has 0 radical (unpaired) electrons. The number of benzene rings is 3. The van der Waals surface area contributed by atoms with Crippen LogP contribution in [0.15, 0.2) is 66.9 Å². The van der Waals surface area contributed by atoms with Crippen molar-refractivity contribution in [3.8, 4) is 5.69 Å². The molecule has 162 valence electrons. The highest BCUT2D eigenvalue weighted by atomic mass is 35.5. The standard InChI is InChI=1S/C23H12ClF4NO3/c24-16-6-3-5-15(23(26,27)28)20(16)21(30)14-11-29(18-7-2-1-4-13(14)18)19-9-8-12(22(31)32)10-17(19)25/h1-11H,(H,31,32). The Morgan fingerprint density at radius 3 is 2.34 bits per heavy atom. The molecule has 1 heterocycles. The van der Waals surface area contributed by atoms with Crippen LogP contribution in [0.25, 0.3) is 16.6 Å². The normalized spacial score (nSPS) is 11.7. The van der Waals surface area contributed by atoms with Crippen LogP contribution in [0.2, 0.25) is 5.02 Å². The average Bonchev–Trinajstić information content (AvgIpc) is 3.12. The first-order valence-corrected chi connectivity index (χ1v) is 9.51. The van der Waals surface area contributed by atoms with Gasteiger partial charge < -0.3 is 9.67 Å². The lowest BCUT2D eigenvalue weighted by molar-refractivity contribution is -0.137. The van der Waals surface area contributed by atoms with Crippen molar-refractivity contribution in [3.05, 3.63) is 100.0 Å². The summed E-state index contributed by atoms with van der Waals surface area (Å²) in [5.74, 6) is -3.17. The van der Waals surface area contributed by atoms with Gasteiger partial charge in [-0.1, -0.05) is 35.9 Å². The summed E-state index contributed by atoms with van der Waals surface area (Å²) < 4.78 is 56.6. The second-order valence-corrected chi connectivity index (χ2v) is 7.30. The maximum Gasteiger partial charge on any atom is 0.417 e. The van der Waals surface area contributed by atoms with Crippen LogP contribution in [0.4, 0.5) is 17.6 Å². The van der Waals surface area contributed by atoms with Crippen molar-refractivity contribution in [1.29, 1.82) is 0 Å². The molecule has 0 unspecified atom stereocenters. The van der Waals surface area contributed by atoms with E-state index in [2.05, 4.69) is 0 Å². The predicted octanol–water partition coefficient (Wildman–Crippen LogP) is 6.37. The molecule has 0 saturated carbocycles. The molecular formula is C23H12ClF4NO3. The summed E-state index contributed by atoms with van der Waals surface area (Å²) in [5, 5.41) is 8.96. The van der Waals surface area contributed by atoms with Gasteiger partial charge in [0.1, 0.15) is 5.82 Å². The number of hydrogen-bond acceptors (Lipinski definition) is 2. The minimum Gasteiger partial charge on any atom is -0.478 e. The Labute approximate surface area is 183 Å². The van der Waals surface area contributed by atoms with Gasteiger partial charge in [-0.3, -0.25) is 4.79 Å². The number of hydrogen-bond donors (Lipinski definition) is 1. The van der Waals surface area contributed by atoms with E-state index in [1.165, 1.54) is 35.0 Å². The second kappa shape index (κ2) is 7.80. The Hall–Kier alpha value is -3.65. The first kappa shape index (κ1) is 21.6. The van der Waals surface area contributed by atoms with Crippen LogP contribution in [-0.2, 0) is 6.18 Å². The van der Waals surface area contributed by atoms with Gasteiger partial charge in [-0.2, -0.15) is 13.2 Å². The third kappa shape index (κ3) is 3.62. The summed E-state index contributed by atoms with van der Waals surface area (Å²) >= 11 is 5.98.